The van der Waals surface area contributed by atoms with Gasteiger partial charge in [-0.3, -0.25) is 9.69 Å². The summed E-state index contributed by atoms with van der Waals surface area (Å²) in [6, 6.07) is 7.84. The molecular formula is C13H18ClNO2. The lowest BCUT2D eigenvalue weighted by molar-refractivity contribution is -0.138. The van der Waals surface area contributed by atoms with Gasteiger partial charge in [-0.15, -0.1) is 0 Å². The first kappa shape index (κ1) is 14.0. The number of halogens is 1. The van der Waals surface area contributed by atoms with Crippen LogP contribution < -0.4 is 0 Å². The highest BCUT2D eigenvalue weighted by molar-refractivity contribution is 6.30. The van der Waals surface area contributed by atoms with Crippen LogP contribution in [-0.4, -0.2) is 35.6 Å². The van der Waals surface area contributed by atoms with Crippen molar-refractivity contribution >= 4 is 17.6 Å². The maximum absolute atomic E-state index is 10.7. The van der Waals surface area contributed by atoms with E-state index in [4.69, 9.17) is 16.7 Å². The average Bonchev–Trinajstić information content (AvgIpc) is 2.27. The molecule has 0 saturated heterocycles. The lowest BCUT2D eigenvalue weighted by Gasteiger charge is -2.28. The Labute approximate surface area is 107 Å². The van der Waals surface area contributed by atoms with E-state index in [1.165, 1.54) is 5.56 Å². The third-order valence-corrected chi connectivity index (χ3v) is 3.45. The molecule has 1 aromatic carbocycles. The number of nitrogens with zero attached hydrogens (tertiary/aromatic N) is 1. The first-order chi connectivity index (χ1) is 7.91. The van der Waals surface area contributed by atoms with Crippen LogP contribution in [0.1, 0.15) is 25.3 Å². The summed E-state index contributed by atoms with van der Waals surface area (Å²) in [7, 11) is 1.82. The molecule has 0 aliphatic carbocycles. The minimum atomic E-state index is -0.803. The van der Waals surface area contributed by atoms with Gasteiger partial charge in [0.05, 0.1) is 6.54 Å². The highest BCUT2D eigenvalue weighted by atomic mass is 35.5. The fourth-order valence-corrected chi connectivity index (χ4v) is 1.91. The Hall–Kier alpha value is -1.06. The van der Waals surface area contributed by atoms with Crippen molar-refractivity contribution in [2.45, 2.75) is 25.8 Å². The predicted octanol–water partition coefficient (Wildman–Crippen LogP) is 2.85. The zero-order chi connectivity index (χ0) is 13.0. The fourth-order valence-electron chi connectivity index (χ4n) is 1.78. The van der Waals surface area contributed by atoms with Crippen LogP contribution >= 0.6 is 11.6 Å². The molecule has 1 aromatic rings. The minimum Gasteiger partial charge on any atom is -0.480 e. The third kappa shape index (κ3) is 4.02. The topological polar surface area (TPSA) is 40.5 Å². The van der Waals surface area contributed by atoms with Crippen molar-refractivity contribution < 1.29 is 9.90 Å². The van der Waals surface area contributed by atoms with E-state index in [2.05, 4.69) is 6.92 Å². The highest BCUT2D eigenvalue weighted by Crippen LogP contribution is 2.23. The van der Waals surface area contributed by atoms with Crippen LogP contribution in [-0.2, 0) is 4.79 Å². The van der Waals surface area contributed by atoms with Crippen molar-refractivity contribution in [1.29, 1.82) is 0 Å². The quantitative estimate of drug-likeness (QED) is 0.880. The van der Waals surface area contributed by atoms with Crippen molar-refractivity contribution in [3.63, 3.8) is 0 Å². The summed E-state index contributed by atoms with van der Waals surface area (Å²) in [5, 5.41) is 9.48. The van der Waals surface area contributed by atoms with Crippen molar-refractivity contribution in [2.75, 3.05) is 13.6 Å². The highest BCUT2D eigenvalue weighted by Gasteiger charge is 2.20. The molecule has 0 unspecified atom stereocenters. The molecule has 0 heterocycles. The number of rotatable bonds is 5. The second-order valence-corrected chi connectivity index (χ2v) is 4.83. The molecule has 0 aliphatic rings. The molecule has 4 heteroatoms. The van der Waals surface area contributed by atoms with Gasteiger partial charge >= 0.3 is 5.97 Å². The normalized spacial score (nSPS) is 14.6. The Balaban J connectivity index is 2.71. The summed E-state index contributed by atoms with van der Waals surface area (Å²) < 4.78 is 0. The number of likely N-dealkylation sites (N-methyl/N-ethyl adjacent to an activating group) is 1. The molecule has 0 spiro atoms. The summed E-state index contributed by atoms with van der Waals surface area (Å²) in [4.78, 5) is 12.5. The Kier molecular flexibility index (Phi) is 4.97. The largest absolute Gasteiger partial charge is 0.480 e. The summed E-state index contributed by atoms with van der Waals surface area (Å²) in [5.74, 6) is -0.542. The molecule has 0 amide bonds. The lowest BCUT2D eigenvalue weighted by Crippen LogP contribution is -2.37. The molecule has 1 rings (SSSR count). The van der Waals surface area contributed by atoms with Gasteiger partial charge < -0.3 is 5.11 Å². The SMILES string of the molecule is C[C@H]([C@@H](C)c1ccc(Cl)cc1)N(C)CC(=O)O. The lowest BCUT2D eigenvalue weighted by atomic mass is 9.93. The molecule has 0 fully saturated rings. The van der Waals surface area contributed by atoms with Crippen LogP contribution in [0.3, 0.4) is 0 Å². The number of hydrogen-bond acceptors (Lipinski definition) is 2. The number of benzene rings is 1. The Morgan fingerprint density at radius 3 is 2.35 bits per heavy atom. The van der Waals surface area contributed by atoms with Crippen molar-refractivity contribution in [3.8, 4) is 0 Å². The maximum atomic E-state index is 10.7. The van der Waals surface area contributed by atoms with E-state index in [0.29, 0.717) is 5.02 Å². The van der Waals surface area contributed by atoms with E-state index in [1.807, 2.05) is 43.1 Å². The Bertz CT molecular complexity index is 378. The molecule has 0 aromatic heterocycles. The molecule has 1 N–H and O–H groups in total. The zero-order valence-corrected chi connectivity index (χ0v) is 11.1. The minimum absolute atomic E-state index is 0.0547. The molecule has 94 valence electrons. The number of hydrogen-bond donors (Lipinski definition) is 1. The molecule has 3 nitrogen and oxygen atoms in total. The van der Waals surface area contributed by atoms with Crippen LogP contribution in [0.2, 0.25) is 5.02 Å². The number of carboxylic acids is 1. The van der Waals surface area contributed by atoms with Gasteiger partial charge in [0.1, 0.15) is 0 Å². The Morgan fingerprint density at radius 1 is 1.35 bits per heavy atom. The van der Waals surface area contributed by atoms with Crippen molar-refractivity contribution in [3.05, 3.63) is 34.9 Å². The van der Waals surface area contributed by atoms with Gasteiger partial charge in [-0.1, -0.05) is 30.7 Å². The van der Waals surface area contributed by atoms with E-state index in [0.717, 1.165) is 0 Å². The maximum Gasteiger partial charge on any atom is 0.317 e. The van der Waals surface area contributed by atoms with E-state index >= 15 is 0 Å². The van der Waals surface area contributed by atoms with Gasteiger partial charge in [0.2, 0.25) is 0 Å². The zero-order valence-electron chi connectivity index (χ0n) is 10.4. The van der Waals surface area contributed by atoms with Crippen molar-refractivity contribution in [2.24, 2.45) is 0 Å². The third-order valence-electron chi connectivity index (χ3n) is 3.20. The number of aliphatic carboxylic acids is 1. The van der Waals surface area contributed by atoms with E-state index in [-0.39, 0.29) is 18.5 Å². The Morgan fingerprint density at radius 2 is 1.88 bits per heavy atom. The standard InChI is InChI=1S/C13H18ClNO2/c1-9(10(2)15(3)8-13(16)17)11-4-6-12(14)7-5-11/h4-7,9-10H,8H2,1-3H3,(H,16,17)/t9-,10-/m1/s1. The van der Waals surface area contributed by atoms with Crippen molar-refractivity contribution in [1.82, 2.24) is 4.90 Å². The number of carbonyl (C=O) groups is 1. The molecule has 17 heavy (non-hydrogen) atoms. The van der Waals surface area contributed by atoms with Gasteiger partial charge in [-0.05, 0) is 37.6 Å². The summed E-state index contributed by atoms with van der Waals surface area (Å²) >= 11 is 5.84. The first-order valence-electron chi connectivity index (χ1n) is 5.59. The monoisotopic (exact) mass is 255 g/mol. The van der Waals surface area contributed by atoms with E-state index in [1.54, 1.807) is 0 Å². The molecule has 0 aliphatic heterocycles. The van der Waals surface area contributed by atoms with Gasteiger partial charge in [0, 0.05) is 11.1 Å². The van der Waals surface area contributed by atoms with Gasteiger partial charge in [-0.25, -0.2) is 0 Å². The van der Waals surface area contributed by atoms with Crippen LogP contribution in [0, 0.1) is 0 Å². The smallest absolute Gasteiger partial charge is 0.317 e. The summed E-state index contributed by atoms with van der Waals surface area (Å²) in [5.41, 5.74) is 1.17. The second-order valence-electron chi connectivity index (χ2n) is 4.39. The fraction of sp³-hybridized carbons (Fsp3) is 0.462. The van der Waals surface area contributed by atoms with E-state index in [9.17, 15) is 4.79 Å². The van der Waals surface area contributed by atoms with Crippen LogP contribution in [0.5, 0.6) is 0 Å². The first-order valence-corrected chi connectivity index (χ1v) is 5.97. The van der Waals surface area contributed by atoms with Gasteiger partial charge in [0.25, 0.3) is 0 Å². The van der Waals surface area contributed by atoms with Crippen LogP contribution in [0.15, 0.2) is 24.3 Å². The van der Waals surface area contributed by atoms with Gasteiger partial charge in [0.15, 0.2) is 0 Å². The average molecular weight is 256 g/mol. The second kappa shape index (κ2) is 6.03. The molecular weight excluding hydrogens is 238 g/mol. The van der Waals surface area contributed by atoms with Crippen LogP contribution in [0.25, 0.3) is 0 Å². The molecule has 0 saturated carbocycles. The molecule has 2 atom stereocenters. The molecule has 0 bridgehead atoms. The predicted molar refractivity (Wildman–Crippen MR) is 69.6 cm³/mol. The summed E-state index contributed by atoms with van der Waals surface area (Å²) in [6.45, 7) is 4.17. The van der Waals surface area contributed by atoms with E-state index < -0.39 is 5.97 Å². The van der Waals surface area contributed by atoms with Crippen LogP contribution in [0.4, 0.5) is 0 Å². The van der Waals surface area contributed by atoms with Gasteiger partial charge in [-0.2, -0.15) is 0 Å². The molecule has 0 radical (unpaired) electrons. The summed E-state index contributed by atoms with van der Waals surface area (Å²) in [6.07, 6.45) is 0. The number of carboxylic acid groups (broad SMARTS) is 1.